The molecule has 1 unspecified atom stereocenters. The summed E-state index contributed by atoms with van der Waals surface area (Å²) in [7, 11) is 1.69. The Balaban J connectivity index is 2.03. The van der Waals surface area contributed by atoms with Gasteiger partial charge in [0.15, 0.2) is 12.2 Å². The number of aromatic amines is 2. The van der Waals surface area contributed by atoms with Gasteiger partial charge in [-0.3, -0.25) is 5.10 Å². The van der Waals surface area contributed by atoms with E-state index in [4.69, 9.17) is 4.74 Å². The summed E-state index contributed by atoms with van der Waals surface area (Å²) in [4.78, 5) is 11.3. The van der Waals surface area contributed by atoms with Crippen LogP contribution < -0.4 is 0 Å². The van der Waals surface area contributed by atoms with E-state index in [2.05, 4.69) is 31.5 Å². The normalized spacial score (nSPS) is 12.8. The van der Waals surface area contributed by atoms with Crippen molar-refractivity contribution in [1.29, 1.82) is 0 Å². The van der Waals surface area contributed by atoms with Crippen LogP contribution in [0.25, 0.3) is 0 Å². The second-order valence-corrected chi connectivity index (χ2v) is 3.52. The number of aromatic nitrogens is 5. The van der Waals surface area contributed by atoms with Crippen LogP contribution in [0.2, 0.25) is 0 Å². The minimum Gasteiger partial charge on any atom is -0.385 e. The topological polar surface area (TPSA) is 79.5 Å². The summed E-state index contributed by atoms with van der Waals surface area (Å²) in [6.45, 7) is 0.680. The predicted molar refractivity (Wildman–Crippen MR) is 56.7 cm³/mol. The van der Waals surface area contributed by atoms with Gasteiger partial charge >= 0.3 is 0 Å². The fourth-order valence-corrected chi connectivity index (χ4v) is 1.60. The first kappa shape index (κ1) is 10.8. The molecule has 1 radical (unpaired) electrons. The van der Waals surface area contributed by atoms with Gasteiger partial charge in [0.2, 0.25) is 0 Å². The number of nitrogens with one attached hydrogen (secondary N) is 2. The van der Waals surface area contributed by atoms with Crippen molar-refractivity contribution in [2.24, 2.45) is 0 Å². The van der Waals surface area contributed by atoms with Crippen molar-refractivity contribution in [2.75, 3.05) is 13.7 Å². The van der Waals surface area contributed by atoms with Crippen LogP contribution in [0, 0.1) is 6.33 Å². The van der Waals surface area contributed by atoms with Crippen molar-refractivity contribution in [3.63, 3.8) is 0 Å². The SMILES string of the molecule is COCCC(Cc1ncc[nH]1)c1n[c][nH]n1. The summed E-state index contributed by atoms with van der Waals surface area (Å²) < 4.78 is 5.08. The lowest BCUT2D eigenvalue weighted by Crippen LogP contribution is -2.09. The van der Waals surface area contributed by atoms with Crippen LogP contribution in [0.4, 0.5) is 0 Å². The van der Waals surface area contributed by atoms with Crippen LogP contribution >= 0.6 is 0 Å². The van der Waals surface area contributed by atoms with Gasteiger partial charge in [0.05, 0.1) is 0 Å². The molecule has 2 N–H and O–H groups in total. The van der Waals surface area contributed by atoms with E-state index in [1.54, 1.807) is 13.3 Å². The first-order valence-electron chi connectivity index (χ1n) is 5.15. The highest BCUT2D eigenvalue weighted by Gasteiger charge is 2.17. The van der Waals surface area contributed by atoms with E-state index < -0.39 is 0 Å². The monoisotopic (exact) mass is 220 g/mol. The average Bonchev–Trinajstić information content (AvgIpc) is 2.96. The van der Waals surface area contributed by atoms with Gasteiger partial charge in [0.1, 0.15) is 5.82 Å². The second-order valence-electron chi connectivity index (χ2n) is 3.52. The Morgan fingerprint density at radius 3 is 3.12 bits per heavy atom. The average molecular weight is 220 g/mol. The van der Waals surface area contributed by atoms with Crippen molar-refractivity contribution >= 4 is 0 Å². The smallest absolute Gasteiger partial charge is 0.193 e. The van der Waals surface area contributed by atoms with E-state index in [-0.39, 0.29) is 5.92 Å². The summed E-state index contributed by atoms with van der Waals surface area (Å²) in [6.07, 6.45) is 7.81. The number of hydrogen-bond acceptors (Lipinski definition) is 4. The van der Waals surface area contributed by atoms with Crippen LogP contribution in [-0.2, 0) is 11.2 Å². The van der Waals surface area contributed by atoms with E-state index in [1.807, 2.05) is 6.20 Å². The van der Waals surface area contributed by atoms with Crippen LogP contribution in [0.1, 0.15) is 24.0 Å². The molecule has 0 aromatic carbocycles. The maximum Gasteiger partial charge on any atom is 0.193 e. The van der Waals surface area contributed by atoms with E-state index >= 15 is 0 Å². The molecule has 1 atom stereocenters. The number of H-pyrrole nitrogens is 2. The number of ether oxygens (including phenoxy) is 1. The molecule has 2 rings (SSSR count). The van der Waals surface area contributed by atoms with Crippen LogP contribution in [0.3, 0.4) is 0 Å². The number of imidazole rings is 1. The summed E-state index contributed by atoms with van der Waals surface area (Å²) in [5, 5.41) is 6.67. The third kappa shape index (κ3) is 2.66. The first-order valence-corrected chi connectivity index (χ1v) is 5.15. The molecule has 6 nitrogen and oxygen atoms in total. The van der Waals surface area contributed by atoms with Crippen molar-refractivity contribution in [3.8, 4) is 0 Å². The molecular weight excluding hydrogens is 206 g/mol. The van der Waals surface area contributed by atoms with Gasteiger partial charge in [0.25, 0.3) is 0 Å². The maximum absolute atomic E-state index is 5.08. The fourth-order valence-electron chi connectivity index (χ4n) is 1.60. The predicted octanol–water partition coefficient (Wildman–Crippen LogP) is 0.691. The van der Waals surface area contributed by atoms with Gasteiger partial charge in [-0.15, -0.1) is 0 Å². The highest BCUT2D eigenvalue weighted by molar-refractivity contribution is 5.00. The van der Waals surface area contributed by atoms with E-state index in [1.165, 1.54) is 0 Å². The van der Waals surface area contributed by atoms with Gasteiger partial charge in [-0.2, -0.15) is 5.10 Å². The molecule has 6 heteroatoms. The molecule has 85 valence electrons. The third-order valence-electron chi connectivity index (χ3n) is 2.42. The number of rotatable bonds is 6. The molecule has 0 bridgehead atoms. The van der Waals surface area contributed by atoms with Gasteiger partial charge in [-0.1, -0.05) is 0 Å². The van der Waals surface area contributed by atoms with E-state index in [0.29, 0.717) is 6.61 Å². The largest absolute Gasteiger partial charge is 0.385 e. The molecular formula is C10H14N5O. The van der Waals surface area contributed by atoms with Gasteiger partial charge in [-0.25, -0.2) is 9.97 Å². The lowest BCUT2D eigenvalue weighted by molar-refractivity contribution is 0.186. The molecule has 0 aliphatic heterocycles. The number of hydrogen-bond donors (Lipinski definition) is 2. The first-order chi connectivity index (χ1) is 7.90. The molecule has 2 heterocycles. The highest BCUT2D eigenvalue weighted by Crippen LogP contribution is 2.19. The minimum atomic E-state index is 0.202. The van der Waals surface area contributed by atoms with Crippen LogP contribution in [0.5, 0.6) is 0 Å². The van der Waals surface area contributed by atoms with Crippen LogP contribution in [-0.4, -0.2) is 38.9 Å². The maximum atomic E-state index is 5.08. The number of methoxy groups -OCH3 is 1. The zero-order valence-corrected chi connectivity index (χ0v) is 9.10. The van der Waals surface area contributed by atoms with Gasteiger partial charge in [-0.05, 0) is 6.42 Å². The summed E-state index contributed by atoms with van der Waals surface area (Å²) in [5.74, 6) is 1.90. The van der Waals surface area contributed by atoms with Crippen molar-refractivity contribution in [2.45, 2.75) is 18.8 Å². The Labute approximate surface area is 93.5 Å². The zero-order valence-electron chi connectivity index (χ0n) is 9.10. The molecule has 2 aromatic rings. The Bertz CT molecular complexity index is 383. The lowest BCUT2D eigenvalue weighted by Gasteiger charge is -2.11. The molecule has 2 aromatic heterocycles. The Morgan fingerprint density at radius 1 is 1.56 bits per heavy atom. The van der Waals surface area contributed by atoms with Crippen LogP contribution in [0.15, 0.2) is 12.4 Å². The third-order valence-corrected chi connectivity index (χ3v) is 2.42. The number of nitrogens with zero attached hydrogens (tertiary/aromatic N) is 3. The van der Waals surface area contributed by atoms with Crippen molar-refractivity contribution in [3.05, 3.63) is 30.4 Å². The summed E-state index contributed by atoms with van der Waals surface area (Å²) >= 11 is 0. The molecule has 16 heavy (non-hydrogen) atoms. The molecule has 0 saturated carbocycles. The Kier molecular flexibility index (Phi) is 3.66. The minimum absolute atomic E-state index is 0.202. The van der Waals surface area contributed by atoms with Gasteiger partial charge in [0, 0.05) is 38.4 Å². The summed E-state index contributed by atoms with van der Waals surface area (Å²) in [6, 6.07) is 0. The lowest BCUT2D eigenvalue weighted by atomic mass is 10.0. The molecule has 0 aliphatic rings. The molecule has 0 saturated heterocycles. The van der Waals surface area contributed by atoms with E-state index in [9.17, 15) is 0 Å². The molecule has 0 fully saturated rings. The molecule has 0 aliphatic carbocycles. The van der Waals surface area contributed by atoms with Gasteiger partial charge < -0.3 is 9.72 Å². The van der Waals surface area contributed by atoms with Crippen molar-refractivity contribution < 1.29 is 4.74 Å². The second kappa shape index (κ2) is 5.41. The molecule has 0 spiro atoms. The molecule has 0 amide bonds. The quantitative estimate of drug-likeness (QED) is 0.750. The zero-order chi connectivity index (χ0) is 11.2. The van der Waals surface area contributed by atoms with E-state index in [0.717, 1.165) is 24.5 Å². The Morgan fingerprint density at radius 2 is 2.50 bits per heavy atom. The summed E-state index contributed by atoms with van der Waals surface area (Å²) in [5.41, 5.74) is 0. The fraction of sp³-hybridized carbons (Fsp3) is 0.500. The Hall–Kier alpha value is -1.69. The standard InChI is InChI=1S/C10H14N5O/c1-16-5-2-8(10-13-7-14-15-10)6-9-11-3-4-12-9/h3-4,8H,2,5-6H2,1H3,(H,11,12)(H,13,14,15). The van der Waals surface area contributed by atoms with Crippen molar-refractivity contribution in [1.82, 2.24) is 25.1 Å². The highest BCUT2D eigenvalue weighted by atomic mass is 16.5.